The molecule has 0 aromatic rings. The number of amides is 2. The maximum atomic E-state index is 12.2. The fraction of sp³-hybridized carbons (Fsp3) is 0.871. The molecule has 0 radical (unpaired) electrons. The number of carbonyl (C=O) groups excluding carboxylic acids is 3. The van der Waals surface area contributed by atoms with Crippen molar-refractivity contribution in [2.45, 2.75) is 161 Å². The lowest BCUT2D eigenvalue weighted by molar-refractivity contribution is -0.142. The van der Waals surface area contributed by atoms with Gasteiger partial charge in [-0.3, -0.25) is 14.4 Å². The molecule has 228 valence electrons. The van der Waals surface area contributed by atoms with Crippen LogP contribution in [0.15, 0.2) is 0 Å². The number of aliphatic carboxylic acids is 1. The van der Waals surface area contributed by atoms with Crippen LogP contribution in [0.4, 0.5) is 0 Å². The molecule has 0 aliphatic rings. The number of carboxylic acid groups (broad SMARTS) is 1. The number of ketones is 1. The molecule has 0 unspecified atom stereocenters. The van der Waals surface area contributed by atoms with Crippen LogP contribution in [0, 0.1) is 0 Å². The van der Waals surface area contributed by atoms with Crippen LogP contribution in [0.1, 0.15) is 149 Å². The predicted molar refractivity (Wildman–Crippen MR) is 159 cm³/mol. The van der Waals surface area contributed by atoms with Gasteiger partial charge in [0.25, 0.3) is 0 Å². The minimum Gasteiger partial charge on any atom is -0.480 e. The lowest BCUT2D eigenvalue weighted by Crippen LogP contribution is -2.41. The molecule has 0 rings (SSSR count). The summed E-state index contributed by atoms with van der Waals surface area (Å²) in [5, 5.41) is 18.0. The molecule has 8 heteroatoms. The van der Waals surface area contributed by atoms with Crippen LogP contribution in [0.5, 0.6) is 0 Å². The van der Waals surface area contributed by atoms with Crippen molar-refractivity contribution in [1.29, 1.82) is 0 Å². The van der Waals surface area contributed by atoms with Gasteiger partial charge in [-0.25, -0.2) is 4.79 Å². The largest absolute Gasteiger partial charge is 0.480 e. The number of rotatable bonds is 28. The summed E-state index contributed by atoms with van der Waals surface area (Å²) < 4.78 is 0. The summed E-state index contributed by atoms with van der Waals surface area (Å²) in [6, 6.07) is -1.18. The summed E-state index contributed by atoms with van der Waals surface area (Å²) in [4.78, 5) is 47.8. The van der Waals surface area contributed by atoms with E-state index in [4.69, 9.17) is 0 Å². The van der Waals surface area contributed by atoms with Gasteiger partial charge in [0, 0.05) is 25.8 Å². The van der Waals surface area contributed by atoms with Gasteiger partial charge in [0.2, 0.25) is 11.8 Å². The number of nitrogens with one attached hydrogen (secondary N) is 3. The summed E-state index contributed by atoms with van der Waals surface area (Å²) >= 11 is 0. The van der Waals surface area contributed by atoms with Gasteiger partial charge < -0.3 is 21.1 Å². The molecule has 4 N–H and O–H groups in total. The Morgan fingerprint density at radius 3 is 1.69 bits per heavy atom. The van der Waals surface area contributed by atoms with E-state index in [1.807, 2.05) is 13.8 Å². The molecule has 2 atom stereocenters. The van der Waals surface area contributed by atoms with Crippen LogP contribution in [-0.4, -0.2) is 53.8 Å². The molecule has 0 bridgehead atoms. The zero-order valence-corrected chi connectivity index (χ0v) is 25.3. The highest BCUT2D eigenvalue weighted by atomic mass is 16.4. The van der Waals surface area contributed by atoms with Gasteiger partial charge in [-0.15, -0.1) is 0 Å². The van der Waals surface area contributed by atoms with Crippen molar-refractivity contribution in [3.05, 3.63) is 0 Å². The second-order valence-electron chi connectivity index (χ2n) is 10.8. The van der Waals surface area contributed by atoms with E-state index in [0.29, 0.717) is 19.4 Å². The summed E-state index contributed by atoms with van der Waals surface area (Å²) in [7, 11) is 0. The first-order chi connectivity index (χ1) is 18.8. The molecule has 0 aliphatic carbocycles. The van der Waals surface area contributed by atoms with E-state index in [1.165, 1.54) is 64.2 Å². The monoisotopic (exact) mass is 553 g/mol. The second kappa shape index (κ2) is 26.3. The van der Waals surface area contributed by atoms with Crippen molar-refractivity contribution in [1.82, 2.24) is 16.0 Å². The number of carbonyl (C=O) groups is 4. The van der Waals surface area contributed by atoms with E-state index >= 15 is 0 Å². The van der Waals surface area contributed by atoms with Crippen molar-refractivity contribution in [3.63, 3.8) is 0 Å². The van der Waals surface area contributed by atoms with E-state index in [0.717, 1.165) is 45.1 Å². The average molecular weight is 554 g/mol. The van der Waals surface area contributed by atoms with Gasteiger partial charge in [0.15, 0.2) is 0 Å². The van der Waals surface area contributed by atoms with Gasteiger partial charge in [0.05, 0.1) is 6.04 Å². The number of likely N-dealkylation sites (N-methyl/N-ethyl adjacent to an activating group) is 1. The van der Waals surface area contributed by atoms with E-state index in [2.05, 4.69) is 22.9 Å². The molecule has 0 aliphatic heterocycles. The molecular formula is C31H59N3O5. The first-order valence-electron chi connectivity index (χ1n) is 15.9. The fourth-order valence-corrected chi connectivity index (χ4v) is 4.76. The summed E-state index contributed by atoms with van der Waals surface area (Å²) in [6.45, 7) is 7.31. The van der Waals surface area contributed by atoms with Crippen LogP contribution in [0.25, 0.3) is 0 Å². The molecule has 0 saturated heterocycles. The average Bonchev–Trinajstić information content (AvgIpc) is 2.92. The zero-order valence-electron chi connectivity index (χ0n) is 25.3. The Balaban J connectivity index is 3.88. The second-order valence-corrected chi connectivity index (χ2v) is 10.8. The van der Waals surface area contributed by atoms with Crippen LogP contribution in [-0.2, 0) is 19.2 Å². The molecular weight excluding hydrogens is 494 g/mol. The lowest BCUT2D eigenvalue weighted by atomic mass is 10.0. The Bertz CT molecular complexity index is 656. The van der Waals surface area contributed by atoms with Gasteiger partial charge in [-0.05, 0) is 38.6 Å². The molecule has 0 saturated carbocycles. The van der Waals surface area contributed by atoms with Crippen molar-refractivity contribution < 1.29 is 24.3 Å². The third-order valence-electron chi connectivity index (χ3n) is 7.23. The van der Waals surface area contributed by atoms with E-state index in [1.54, 1.807) is 0 Å². The Hall–Kier alpha value is -1.96. The maximum absolute atomic E-state index is 12.2. The molecule has 0 fully saturated rings. The molecule has 39 heavy (non-hydrogen) atoms. The highest BCUT2D eigenvalue weighted by Gasteiger charge is 2.21. The van der Waals surface area contributed by atoms with Gasteiger partial charge >= 0.3 is 5.97 Å². The number of unbranched alkanes of at least 4 members (excludes halogenated alkanes) is 13. The SMILES string of the molecule is CCCCCCCCCCCCCCCC(=O)N[C@@H](CCC(=O)NCCCC[C@H](NCC)C(=O)CC)C(=O)O. The zero-order chi connectivity index (χ0) is 29.1. The normalized spacial score (nSPS) is 12.6. The Labute approximate surface area is 238 Å². The van der Waals surface area contributed by atoms with Crippen LogP contribution < -0.4 is 16.0 Å². The standard InChI is InChI=1S/C31H59N3O5/c1-4-7-8-9-10-11-12-13-14-15-16-17-18-22-30(37)34-27(31(38)39)23-24-29(36)33-25-20-19-21-26(32-6-3)28(35)5-2/h26-27,32H,4-25H2,1-3H3,(H,33,36)(H,34,37)(H,38,39)/t26-,27-/m0/s1. The molecule has 0 aromatic carbocycles. The highest BCUT2D eigenvalue weighted by molar-refractivity contribution is 5.84. The number of carboxylic acids is 1. The quantitative estimate of drug-likeness (QED) is 0.0873. The smallest absolute Gasteiger partial charge is 0.326 e. The van der Waals surface area contributed by atoms with E-state index < -0.39 is 12.0 Å². The summed E-state index contributed by atoms with van der Waals surface area (Å²) in [6.07, 6.45) is 19.2. The Morgan fingerprint density at radius 2 is 1.18 bits per heavy atom. The molecule has 0 aromatic heterocycles. The summed E-state index contributed by atoms with van der Waals surface area (Å²) in [5.74, 6) is -1.39. The summed E-state index contributed by atoms with van der Waals surface area (Å²) in [5.41, 5.74) is 0. The number of Topliss-reactive ketones (excluding diaryl/α,β-unsaturated/α-hetero) is 1. The van der Waals surface area contributed by atoms with Gasteiger partial charge in [0.1, 0.15) is 11.8 Å². The molecule has 2 amide bonds. The van der Waals surface area contributed by atoms with Crippen molar-refractivity contribution in [3.8, 4) is 0 Å². The lowest BCUT2D eigenvalue weighted by Gasteiger charge is -2.16. The van der Waals surface area contributed by atoms with Gasteiger partial charge in [-0.1, -0.05) is 97.8 Å². The predicted octanol–water partition coefficient (Wildman–Crippen LogP) is 6.06. The fourth-order valence-electron chi connectivity index (χ4n) is 4.76. The Kier molecular flexibility index (Phi) is 25.0. The Morgan fingerprint density at radius 1 is 0.615 bits per heavy atom. The first-order valence-corrected chi connectivity index (χ1v) is 15.9. The minimum absolute atomic E-state index is 0.0460. The van der Waals surface area contributed by atoms with Crippen molar-refractivity contribution >= 4 is 23.6 Å². The van der Waals surface area contributed by atoms with Crippen LogP contribution >= 0.6 is 0 Å². The number of hydrogen-bond donors (Lipinski definition) is 4. The molecule has 8 nitrogen and oxygen atoms in total. The molecule has 0 spiro atoms. The van der Waals surface area contributed by atoms with Crippen molar-refractivity contribution in [2.75, 3.05) is 13.1 Å². The molecule has 0 heterocycles. The first kappa shape index (κ1) is 37.0. The van der Waals surface area contributed by atoms with Crippen LogP contribution in [0.3, 0.4) is 0 Å². The van der Waals surface area contributed by atoms with E-state index in [9.17, 15) is 24.3 Å². The van der Waals surface area contributed by atoms with Crippen molar-refractivity contribution in [2.24, 2.45) is 0 Å². The third-order valence-corrected chi connectivity index (χ3v) is 7.23. The third kappa shape index (κ3) is 22.5. The highest BCUT2D eigenvalue weighted by Crippen LogP contribution is 2.13. The van der Waals surface area contributed by atoms with Gasteiger partial charge in [-0.2, -0.15) is 0 Å². The van der Waals surface area contributed by atoms with Crippen LogP contribution in [0.2, 0.25) is 0 Å². The minimum atomic E-state index is -1.11. The topological polar surface area (TPSA) is 125 Å². The van der Waals surface area contributed by atoms with E-state index in [-0.39, 0.29) is 36.5 Å². The maximum Gasteiger partial charge on any atom is 0.326 e. The number of hydrogen-bond acceptors (Lipinski definition) is 5.